The molecule has 0 spiro atoms. The minimum Gasteiger partial charge on any atom is -0.379 e. The van der Waals surface area contributed by atoms with Crippen LogP contribution in [0.5, 0.6) is 0 Å². The summed E-state index contributed by atoms with van der Waals surface area (Å²) in [6.07, 6.45) is 3.55. The Bertz CT molecular complexity index is 680. The molecular formula is C19H24Cl2N2O4. The molecule has 2 unspecified atom stereocenters. The van der Waals surface area contributed by atoms with Gasteiger partial charge in [-0.2, -0.15) is 0 Å². The van der Waals surface area contributed by atoms with Crippen molar-refractivity contribution in [3.05, 3.63) is 28.2 Å². The molecule has 0 radical (unpaired) electrons. The molecule has 6 nitrogen and oxygen atoms in total. The number of hydrogen-bond acceptors (Lipinski definition) is 4. The summed E-state index contributed by atoms with van der Waals surface area (Å²) in [5.74, 6) is -1.10. The van der Waals surface area contributed by atoms with Gasteiger partial charge in [-0.25, -0.2) is 0 Å². The molecule has 3 rings (SSSR count). The monoisotopic (exact) mass is 414 g/mol. The zero-order valence-corrected chi connectivity index (χ0v) is 16.6. The lowest BCUT2D eigenvalue weighted by Crippen LogP contribution is -2.37. The Balaban J connectivity index is 1.38. The van der Waals surface area contributed by atoms with Crippen LogP contribution in [0.25, 0.3) is 0 Å². The van der Waals surface area contributed by atoms with Crippen LogP contribution in [0, 0.1) is 5.92 Å². The van der Waals surface area contributed by atoms with Crippen molar-refractivity contribution in [3.63, 3.8) is 0 Å². The average Bonchev–Trinajstić information content (AvgIpc) is 3.30. The van der Waals surface area contributed by atoms with Crippen LogP contribution in [0.4, 0.5) is 5.69 Å². The SMILES string of the molecule is O=C(NCCCOCC1CCCO1)C1CCN(c2ccc(Cl)c(Cl)c2)C1=O. The fraction of sp³-hybridized carbons (Fsp3) is 0.579. The Labute approximate surface area is 169 Å². The van der Waals surface area contributed by atoms with Crippen LogP contribution in [0.3, 0.4) is 0 Å². The third kappa shape index (κ3) is 5.35. The molecule has 2 atom stereocenters. The van der Waals surface area contributed by atoms with Crippen molar-refractivity contribution >= 4 is 40.7 Å². The first-order valence-corrected chi connectivity index (χ1v) is 10.1. The normalized spacial score (nSPS) is 22.4. The Kier molecular flexibility index (Phi) is 7.35. The van der Waals surface area contributed by atoms with E-state index in [9.17, 15) is 9.59 Å². The zero-order valence-electron chi connectivity index (χ0n) is 15.1. The van der Waals surface area contributed by atoms with E-state index in [-0.39, 0.29) is 17.9 Å². The van der Waals surface area contributed by atoms with Gasteiger partial charge in [-0.05, 0) is 43.9 Å². The molecule has 0 saturated carbocycles. The number of carbonyl (C=O) groups is 2. The number of nitrogens with zero attached hydrogens (tertiary/aromatic N) is 1. The largest absolute Gasteiger partial charge is 0.379 e. The molecular weight excluding hydrogens is 391 g/mol. The van der Waals surface area contributed by atoms with Crippen LogP contribution in [-0.4, -0.2) is 50.8 Å². The first kappa shape index (κ1) is 20.4. The summed E-state index contributed by atoms with van der Waals surface area (Å²) in [5, 5.41) is 3.65. The van der Waals surface area contributed by atoms with Gasteiger partial charge < -0.3 is 19.7 Å². The van der Waals surface area contributed by atoms with Crippen molar-refractivity contribution in [2.24, 2.45) is 5.92 Å². The summed E-state index contributed by atoms with van der Waals surface area (Å²) in [6, 6.07) is 5.03. The van der Waals surface area contributed by atoms with Crippen molar-refractivity contribution in [2.75, 3.05) is 37.8 Å². The highest BCUT2D eigenvalue weighted by Gasteiger charge is 2.37. The fourth-order valence-electron chi connectivity index (χ4n) is 3.33. The second kappa shape index (κ2) is 9.73. The highest BCUT2D eigenvalue weighted by Crippen LogP contribution is 2.31. The van der Waals surface area contributed by atoms with Crippen LogP contribution in [-0.2, 0) is 19.1 Å². The molecule has 2 aliphatic rings. The van der Waals surface area contributed by atoms with Gasteiger partial charge >= 0.3 is 0 Å². The smallest absolute Gasteiger partial charge is 0.239 e. The summed E-state index contributed by atoms with van der Waals surface area (Å²) in [4.78, 5) is 26.5. The second-order valence-corrected chi connectivity index (χ2v) is 7.60. The zero-order chi connectivity index (χ0) is 19.2. The molecule has 0 bridgehead atoms. The van der Waals surface area contributed by atoms with Gasteiger partial charge in [0.2, 0.25) is 11.8 Å². The molecule has 0 aromatic heterocycles. The van der Waals surface area contributed by atoms with Gasteiger partial charge in [-0.15, -0.1) is 0 Å². The summed E-state index contributed by atoms with van der Waals surface area (Å²) < 4.78 is 11.1. The van der Waals surface area contributed by atoms with E-state index in [0.29, 0.717) is 54.9 Å². The maximum absolute atomic E-state index is 12.6. The highest BCUT2D eigenvalue weighted by atomic mass is 35.5. The number of halogens is 2. The van der Waals surface area contributed by atoms with Crippen molar-refractivity contribution in [3.8, 4) is 0 Å². The molecule has 1 aromatic carbocycles. The number of anilines is 1. The Morgan fingerprint density at radius 3 is 2.89 bits per heavy atom. The topological polar surface area (TPSA) is 67.9 Å². The molecule has 2 heterocycles. The van der Waals surface area contributed by atoms with E-state index in [1.165, 1.54) is 0 Å². The first-order chi connectivity index (χ1) is 13.1. The van der Waals surface area contributed by atoms with Gasteiger partial charge in [0.15, 0.2) is 0 Å². The minimum absolute atomic E-state index is 0.208. The van der Waals surface area contributed by atoms with Crippen molar-refractivity contribution in [2.45, 2.75) is 31.8 Å². The number of ether oxygens (including phenoxy) is 2. The van der Waals surface area contributed by atoms with Crippen LogP contribution >= 0.6 is 23.2 Å². The Morgan fingerprint density at radius 2 is 2.15 bits per heavy atom. The van der Waals surface area contributed by atoms with E-state index in [1.807, 2.05) is 0 Å². The fourth-order valence-corrected chi connectivity index (χ4v) is 3.62. The van der Waals surface area contributed by atoms with Crippen LogP contribution in [0.15, 0.2) is 18.2 Å². The van der Waals surface area contributed by atoms with E-state index in [4.69, 9.17) is 32.7 Å². The molecule has 1 aromatic rings. The third-order valence-electron chi connectivity index (χ3n) is 4.83. The predicted octanol–water partition coefficient (Wildman–Crippen LogP) is 3.05. The van der Waals surface area contributed by atoms with E-state index in [0.717, 1.165) is 19.4 Å². The van der Waals surface area contributed by atoms with Gasteiger partial charge in [-0.1, -0.05) is 23.2 Å². The quantitative estimate of drug-likeness (QED) is 0.524. The molecule has 8 heteroatoms. The van der Waals surface area contributed by atoms with Gasteiger partial charge in [-0.3, -0.25) is 9.59 Å². The van der Waals surface area contributed by atoms with E-state index in [1.54, 1.807) is 23.1 Å². The molecule has 2 saturated heterocycles. The van der Waals surface area contributed by atoms with Crippen molar-refractivity contribution in [1.82, 2.24) is 5.32 Å². The second-order valence-electron chi connectivity index (χ2n) is 6.78. The first-order valence-electron chi connectivity index (χ1n) is 9.30. The molecule has 27 heavy (non-hydrogen) atoms. The molecule has 148 valence electrons. The average molecular weight is 415 g/mol. The lowest BCUT2D eigenvalue weighted by molar-refractivity contribution is -0.132. The van der Waals surface area contributed by atoms with Gasteiger partial charge in [0.1, 0.15) is 5.92 Å². The maximum Gasteiger partial charge on any atom is 0.239 e. The minimum atomic E-state index is -0.660. The standard InChI is InChI=1S/C19H24Cl2N2O4/c20-16-5-4-13(11-17(16)21)23-8-6-15(19(23)25)18(24)22-7-2-9-26-12-14-3-1-10-27-14/h4-5,11,14-15H,1-3,6-10,12H2,(H,22,24). The van der Waals surface area contributed by atoms with Gasteiger partial charge in [0.05, 0.1) is 22.8 Å². The lowest BCUT2D eigenvalue weighted by Gasteiger charge is -2.17. The number of hydrogen-bond donors (Lipinski definition) is 1. The highest BCUT2D eigenvalue weighted by molar-refractivity contribution is 6.42. The number of amides is 2. The van der Waals surface area contributed by atoms with Gasteiger partial charge in [0.25, 0.3) is 0 Å². The Hall–Kier alpha value is -1.34. The van der Waals surface area contributed by atoms with Crippen LogP contribution < -0.4 is 10.2 Å². The number of carbonyl (C=O) groups excluding carboxylic acids is 2. The molecule has 2 fully saturated rings. The number of nitrogens with one attached hydrogen (secondary N) is 1. The summed E-state index contributed by atoms with van der Waals surface area (Å²) >= 11 is 11.9. The maximum atomic E-state index is 12.6. The van der Waals surface area contributed by atoms with Crippen LogP contribution in [0.2, 0.25) is 10.0 Å². The van der Waals surface area contributed by atoms with Crippen molar-refractivity contribution < 1.29 is 19.1 Å². The van der Waals surface area contributed by atoms with E-state index in [2.05, 4.69) is 5.32 Å². The molecule has 2 amide bonds. The lowest BCUT2D eigenvalue weighted by atomic mass is 10.1. The van der Waals surface area contributed by atoms with E-state index >= 15 is 0 Å². The third-order valence-corrected chi connectivity index (χ3v) is 5.57. The molecule has 2 aliphatic heterocycles. The summed E-state index contributed by atoms with van der Waals surface area (Å²) in [6.45, 7) is 2.96. The Morgan fingerprint density at radius 1 is 1.30 bits per heavy atom. The number of rotatable bonds is 8. The van der Waals surface area contributed by atoms with Gasteiger partial charge in [0, 0.05) is 32.0 Å². The molecule has 1 N–H and O–H groups in total. The van der Waals surface area contributed by atoms with E-state index < -0.39 is 5.92 Å². The molecule has 0 aliphatic carbocycles. The summed E-state index contributed by atoms with van der Waals surface area (Å²) in [5.41, 5.74) is 0.659. The van der Waals surface area contributed by atoms with Crippen molar-refractivity contribution in [1.29, 1.82) is 0 Å². The number of benzene rings is 1. The van der Waals surface area contributed by atoms with Crippen LogP contribution in [0.1, 0.15) is 25.7 Å². The summed E-state index contributed by atoms with van der Waals surface area (Å²) in [7, 11) is 0. The predicted molar refractivity (Wildman–Crippen MR) is 104 cm³/mol.